The largest absolute Gasteiger partial charge is 0.374 e. The van der Waals surface area contributed by atoms with Gasteiger partial charge in [0, 0.05) is 18.8 Å². The summed E-state index contributed by atoms with van der Waals surface area (Å²) in [5, 5.41) is 7.23. The van der Waals surface area contributed by atoms with Crippen molar-refractivity contribution in [2.24, 2.45) is 0 Å². The van der Waals surface area contributed by atoms with E-state index in [1.54, 1.807) is 12.1 Å². The molecule has 5 nitrogen and oxygen atoms in total. The van der Waals surface area contributed by atoms with Gasteiger partial charge >= 0.3 is 0 Å². The second kappa shape index (κ2) is 7.52. The standard InChI is InChI=1S/C18H28N2O3S/c1-13-6-9-15(23-13)12-19-18-5-3-4-17(20-18)14-7-10-16(11-8-14)24(2,21)22/h7-8,10-11,13,15,17-20H,3-6,9,12H2,1-2H3. The normalized spacial score (nSPS) is 31.2. The number of rotatable bonds is 5. The summed E-state index contributed by atoms with van der Waals surface area (Å²) in [5.41, 5.74) is 1.15. The summed E-state index contributed by atoms with van der Waals surface area (Å²) in [6.07, 6.45) is 7.88. The van der Waals surface area contributed by atoms with Crippen molar-refractivity contribution in [3.05, 3.63) is 29.8 Å². The van der Waals surface area contributed by atoms with E-state index in [0.29, 0.717) is 17.1 Å². The molecule has 0 bridgehead atoms. The SMILES string of the molecule is CC1CCC(CNC2CCCC(c3ccc(S(C)(=O)=O)cc3)N2)O1. The summed E-state index contributed by atoms with van der Waals surface area (Å²) in [4.78, 5) is 0.379. The Labute approximate surface area is 145 Å². The van der Waals surface area contributed by atoms with Crippen LogP contribution in [0, 0.1) is 0 Å². The van der Waals surface area contributed by atoms with Crippen molar-refractivity contribution in [3.63, 3.8) is 0 Å². The van der Waals surface area contributed by atoms with Crippen molar-refractivity contribution in [3.8, 4) is 0 Å². The van der Waals surface area contributed by atoms with Gasteiger partial charge in [0.05, 0.1) is 23.3 Å². The minimum atomic E-state index is -3.13. The topological polar surface area (TPSA) is 67.4 Å². The van der Waals surface area contributed by atoms with Gasteiger partial charge < -0.3 is 4.74 Å². The Bertz CT molecular complexity index is 645. The molecule has 6 heteroatoms. The van der Waals surface area contributed by atoms with Gasteiger partial charge in [-0.3, -0.25) is 10.6 Å². The fraction of sp³-hybridized carbons (Fsp3) is 0.667. The molecule has 24 heavy (non-hydrogen) atoms. The maximum absolute atomic E-state index is 11.6. The number of nitrogens with one attached hydrogen (secondary N) is 2. The van der Waals surface area contributed by atoms with Crippen molar-refractivity contribution >= 4 is 9.84 Å². The number of ether oxygens (including phenoxy) is 1. The van der Waals surface area contributed by atoms with Crippen molar-refractivity contribution in [2.75, 3.05) is 12.8 Å². The van der Waals surface area contributed by atoms with Crippen LogP contribution < -0.4 is 10.6 Å². The predicted molar refractivity (Wildman–Crippen MR) is 94.6 cm³/mol. The van der Waals surface area contributed by atoms with E-state index >= 15 is 0 Å². The molecule has 0 saturated carbocycles. The van der Waals surface area contributed by atoms with Crippen molar-refractivity contribution < 1.29 is 13.2 Å². The first-order chi connectivity index (χ1) is 11.4. The Kier molecular flexibility index (Phi) is 5.59. The maximum atomic E-state index is 11.6. The summed E-state index contributed by atoms with van der Waals surface area (Å²) >= 11 is 0. The number of benzene rings is 1. The molecular formula is C18H28N2O3S. The average Bonchev–Trinajstić information content (AvgIpc) is 2.98. The predicted octanol–water partition coefficient (Wildman–Crippen LogP) is 2.39. The van der Waals surface area contributed by atoms with E-state index in [1.807, 2.05) is 12.1 Å². The summed E-state index contributed by atoms with van der Waals surface area (Å²) in [7, 11) is -3.13. The molecule has 2 N–H and O–H groups in total. The Morgan fingerprint density at radius 1 is 1.17 bits per heavy atom. The molecule has 0 amide bonds. The van der Waals surface area contributed by atoms with E-state index in [9.17, 15) is 8.42 Å². The Morgan fingerprint density at radius 3 is 2.54 bits per heavy atom. The lowest BCUT2D eigenvalue weighted by atomic mass is 9.96. The molecule has 0 aromatic heterocycles. The van der Waals surface area contributed by atoms with Gasteiger partial charge in [-0.05, 0) is 56.7 Å². The minimum absolute atomic E-state index is 0.272. The van der Waals surface area contributed by atoms with Crippen LogP contribution in [0.25, 0.3) is 0 Å². The minimum Gasteiger partial charge on any atom is -0.374 e. The Balaban J connectivity index is 1.55. The van der Waals surface area contributed by atoms with Crippen molar-refractivity contribution in [1.29, 1.82) is 0 Å². The molecule has 0 aliphatic carbocycles. The third-order valence-electron chi connectivity index (χ3n) is 5.01. The van der Waals surface area contributed by atoms with E-state index < -0.39 is 9.84 Å². The number of sulfone groups is 1. The molecule has 2 heterocycles. The van der Waals surface area contributed by atoms with E-state index in [2.05, 4.69) is 17.6 Å². The van der Waals surface area contributed by atoms with Crippen LogP contribution in [0.3, 0.4) is 0 Å². The second-order valence-corrected chi connectivity index (χ2v) is 9.11. The van der Waals surface area contributed by atoms with Crippen molar-refractivity contribution in [2.45, 2.75) is 68.3 Å². The van der Waals surface area contributed by atoms with Gasteiger partial charge in [0.15, 0.2) is 9.84 Å². The molecule has 134 valence electrons. The van der Waals surface area contributed by atoms with Crippen LogP contribution >= 0.6 is 0 Å². The first kappa shape index (κ1) is 17.9. The number of hydrogen-bond acceptors (Lipinski definition) is 5. The molecule has 0 spiro atoms. The van der Waals surface area contributed by atoms with Crippen LogP contribution in [0.2, 0.25) is 0 Å². The molecule has 2 aliphatic heterocycles. The molecule has 3 rings (SSSR count). The smallest absolute Gasteiger partial charge is 0.175 e. The van der Waals surface area contributed by atoms with E-state index in [4.69, 9.17) is 4.74 Å². The van der Waals surface area contributed by atoms with Gasteiger partial charge in [0.1, 0.15) is 0 Å². The Morgan fingerprint density at radius 2 is 1.92 bits per heavy atom. The molecule has 4 atom stereocenters. The molecule has 1 aromatic rings. The van der Waals surface area contributed by atoms with Gasteiger partial charge in [-0.15, -0.1) is 0 Å². The highest BCUT2D eigenvalue weighted by atomic mass is 32.2. The fourth-order valence-corrected chi connectivity index (χ4v) is 4.25. The first-order valence-corrected chi connectivity index (χ1v) is 10.8. The van der Waals surface area contributed by atoms with Crippen LogP contribution in [-0.4, -0.2) is 39.6 Å². The summed E-state index contributed by atoms with van der Waals surface area (Å²) < 4.78 is 29.0. The Hall–Kier alpha value is -0.950. The summed E-state index contributed by atoms with van der Waals surface area (Å²) in [6, 6.07) is 7.54. The van der Waals surface area contributed by atoms with Crippen molar-refractivity contribution in [1.82, 2.24) is 10.6 Å². The van der Waals surface area contributed by atoms with Crippen LogP contribution in [0.15, 0.2) is 29.2 Å². The highest BCUT2D eigenvalue weighted by Crippen LogP contribution is 2.26. The van der Waals surface area contributed by atoms with E-state index in [-0.39, 0.29) is 12.2 Å². The molecule has 2 aliphatic rings. The zero-order valence-corrected chi connectivity index (χ0v) is 15.3. The molecule has 2 fully saturated rings. The van der Waals surface area contributed by atoms with Gasteiger partial charge in [-0.2, -0.15) is 0 Å². The maximum Gasteiger partial charge on any atom is 0.175 e. The first-order valence-electron chi connectivity index (χ1n) is 8.87. The lowest BCUT2D eigenvalue weighted by molar-refractivity contribution is 0.0521. The molecule has 1 aromatic carbocycles. The van der Waals surface area contributed by atoms with E-state index in [0.717, 1.165) is 44.2 Å². The number of piperidine rings is 1. The summed E-state index contributed by atoms with van der Waals surface area (Å²) in [5.74, 6) is 0. The van der Waals surface area contributed by atoms with Crippen LogP contribution in [0.4, 0.5) is 0 Å². The lowest BCUT2D eigenvalue weighted by Crippen LogP contribution is -2.48. The molecule has 0 radical (unpaired) electrons. The van der Waals surface area contributed by atoms with Crippen LogP contribution in [0.1, 0.15) is 50.6 Å². The quantitative estimate of drug-likeness (QED) is 0.852. The second-order valence-electron chi connectivity index (χ2n) is 7.10. The van der Waals surface area contributed by atoms with Gasteiger partial charge in [-0.25, -0.2) is 8.42 Å². The van der Waals surface area contributed by atoms with Gasteiger partial charge in [-0.1, -0.05) is 12.1 Å². The third kappa shape index (κ3) is 4.57. The lowest BCUT2D eigenvalue weighted by Gasteiger charge is -2.32. The average molecular weight is 353 g/mol. The highest BCUT2D eigenvalue weighted by molar-refractivity contribution is 7.90. The summed E-state index contributed by atoms with van der Waals surface area (Å²) in [6.45, 7) is 3.02. The van der Waals surface area contributed by atoms with E-state index in [1.165, 1.54) is 6.26 Å². The van der Waals surface area contributed by atoms with Crippen LogP contribution in [-0.2, 0) is 14.6 Å². The fourth-order valence-electron chi connectivity index (χ4n) is 3.62. The number of hydrogen-bond donors (Lipinski definition) is 2. The monoisotopic (exact) mass is 352 g/mol. The zero-order valence-electron chi connectivity index (χ0n) is 14.5. The molecular weight excluding hydrogens is 324 g/mol. The molecule has 2 saturated heterocycles. The molecule has 4 unspecified atom stereocenters. The third-order valence-corrected chi connectivity index (χ3v) is 6.14. The van der Waals surface area contributed by atoms with Crippen LogP contribution in [0.5, 0.6) is 0 Å². The highest BCUT2D eigenvalue weighted by Gasteiger charge is 2.25. The zero-order chi connectivity index (χ0) is 17.2. The van der Waals surface area contributed by atoms with Gasteiger partial charge in [0.2, 0.25) is 0 Å². The van der Waals surface area contributed by atoms with Gasteiger partial charge in [0.25, 0.3) is 0 Å².